The second-order valence-electron chi connectivity index (χ2n) is 5.12. The van der Waals surface area contributed by atoms with Gasteiger partial charge in [0.2, 0.25) is 0 Å². The Morgan fingerprint density at radius 3 is 2.68 bits per heavy atom. The van der Waals surface area contributed by atoms with Crippen LogP contribution in [0.2, 0.25) is 0 Å². The van der Waals surface area contributed by atoms with Gasteiger partial charge in [-0.25, -0.2) is 9.78 Å². The number of hydrogen-bond acceptors (Lipinski definition) is 7. The van der Waals surface area contributed by atoms with Gasteiger partial charge in [0.1, 0.15) is 10.6 Å². The molecule has 0 saturated heterocycles. The number of hydrogen-bond donors (Lipinski definition) is 0. The van der Waals surface area contributed by atoms with Crippen LogP contribution in [0, 0.1) is 0 Å². The van der Waals surface area contributed by atoms with Gasteiger partial charge in [-0.15, -0.1) is 11.3 Å². The summed E-state index contributed by atoms with van der Waals surface area (Å²) in [7, 11) is 1.29. The molecule has 0 atom stereocenters. The van der Waals surface area contributed by atoms with E-state index < -0.39 is 11.9 Å². The molecule has 8 heteroatoms. The Kier molecular flexibility index (Phi) is 4.90. The summed E-state index contributed by atoms with van der Waals surface area (Å²) in [4.78, 5) is 40.4. The molecule has 7 nitrogen and oxygen atoms in total. The van der Waals surface area contributed by atoms with Crippen molar-refractivity contribution in [3.05, 3.63) is 58.0 Å². The molecule has 0 radical (unpaired) electrons. The van der Waals surface area contributed by atoms with Gasteiger partial charge in [0.25, 0.3) is 5.56 Å². The fourth-order valence-electron chi connectivity index (χ4n) is 2.22. The van der Waals surface area contributed by atoms with Gasteiger partial charge in [-0.2, -0.15) is 0 Å². The molecule has 0 aliphatic carbocycles. The lowest BCUT2D eigenvalue weighted by Gasteiger charge is -2.07. The molecule has 0 spiro atoms. The van der Waals surface area contributed by atoms with Gasteiger partial charge in [0.15, 0.2) is 0 Å². The summed E-state index contributed by atoms with van der Waals surface area (Å²) in [6.07, 6.45) is 1.45. The Hall–Kier alpha value is -3.00. The zero-order chi connectivity index (χ0) is 17.8. The van der Waals surface area contributed by atoms with Gasteiger partial charge in [-0.05, 0) is 35.7 Å². The summed E-state index contributed by atoms with van der Waals surface area (Å²) in [5, 5.41) is 2.34. The highest BCUT2D eigenvalue weighted by molar-refractivity contribution is 7.16. The molecule has 0 aliphatic rings. The Balaban J connectivity index is 1.61. The number of aryl methyl sites for hydroxylation is 1. The number of nitrogens with zero attached hydrogens (tertiary/aromatic N) is 2. The number of carbonyl (C=O) groups is 2. The Morgan fingerprint density at radius 2 is 1.96 bits per heavy atom. The molecule has 1 aromatic carbocycles. The maximum absolute atomic E-state index is 12.2. The molecule has 0 N–H and O–H groups in total. The lowest BCUT2D eigenvalue weighted by molar-refractivity contribution is -0.134. The first-order valence-corrected chi connectivity index (χ1v) is 8.28. The van der Waals surface area contributed by atoms with Crippen molar-refractivity contribution in [2.75, 3.05) is 7.11 Å². The average Bonchev–Trinajstić information content (AvgIpc) is 3.11. The summed E-state index contributed by atoms with van der Waals surface area (Å²) in [6.45, 7) is 0.177. The number of methoxy groups -OCH3 is 1. The van der Waals surface area contributed by atoms with Crippen LogP contribution < -0.4 is 10.3 Å². The van der Waals surface area contributed by atoms with Crippen LogP contribution in [-0.4, -0.2) is 28.6 Å². The van der Waals surface area contributed by atoms with E-state index in [1.54, 1.807) is 11.4 Å². The summed E-state index contributed by atoms with van der Waals surface area (Å²) in [5.74, 6) is -0.631. The molecule has 0 saturated carbocycles. The summed E-state index contributed by atoms with van der Waals surface area (Å²) in [5.41, 5.74) is 0.186. The van der Waals surface area contributed by atoms with Gasteiger partial charge in [0, 0.05) is 6.54 Å². The Bertz CT molecular complexity index is 975. The lowest BCUT2D eigenvalue weighted by Crippen LogP contribution is -2.22. The van der Waals surface area contributed by atoms with Gasteiger partial charge in [-0.1, -0.05) is 0 Å². The third-order valence-electron chi connectivity index (χ3n) is 3.51. The van der Waals surface area contributed by atoms with E-state index in [0.717, 1.165) is 0 Å². The molecule has 0 unspecified atom stereocenters. The highest BCUT2D eigenvalue weighted by atomic mass is 32.1. The number of fused-ring (bicyclic) bond motifs is 1. The predicted molar refractivity (Wildman–Crippen MR) is 91.9 cm³/mol. The van der Waals surface area contributed by atoms with E-state index in [2.05, 4.69) is 9.72 Å². The van der Waals surface area contributed by atoms with Crippen molar-refractivity contribution in [1.29, 1.82) is 0 Å². The summed E-state index contributed by atoms with van der Waals surface area (Å²) in [6, 6.07) is 7.75. The second-order valence-corrected chi connectivity index (χ2v) is 6.02. The number of thiophene rings is 1. The predicted octanol–water partition coefficient (Wildman–Crippen LogP) is 2.24. The van der Waals surface area contributed by atoms with Crippen molar-refractivity contribution in [2.24, 2.45) is 0 Å². The van der Waals surface area contributed by atoms with E-state index in [0.29, 0.717) is 21.5 Å². The minimum absolute atomic E-state index is 0.0238. The highest BCUT2D eigenvalue weighted by Gasteiger charge is 2.10. The molecule has 0 amide bonds. The van der Waals surface area contributed by atoms with Crippen molar-refractivity contribution >= 4 is 33.5 Å². The van der Waals surface area contributed by atoms with Crippen molar-refractivity contribution in [2.45, 2.75) is 13.0 Å². The lowest BCUT2D eigenvalue weighted by atomic mass is 10.2. The average molecular weight is 358 g/mol. The third kappa shape index (κ3) is 3.74. The van der Waals surface area contributed by atoms with Crippen LogP contribution in [-0.2, 0) is 16.1 Å². The molecule has 128 valence electrons. The molecule has 0 bridgehead atoms. The number of carbonyl (C=O) groups excluding carboxylic acids is 2. The van der Waals surface area contributed by atoms with Crippen LogP contribution in [0.25, 0.3) is 10.2 Å². The molecule has 2 heterocycles. The molecule has 0 fully saturated rings. The standard InChI is InChI=1S/C17H14N2O5S/c1-23-17(22)11-2-4-12(5-3-11)24-14(20)6-8-19-10-18-15-13(16(19)21)7-9-25-15/h2-5,7,9-10H,6,8H2,1H3. The van der Waals surface area contributed by atoms with Crippen LogP contribution in [0.1, 0.15) is 16.8 Å². The summed E-state index contributed by atoms with van der Waals surface area (Å²) < 4.78 is 11.2. The van der Waals surface area contributed by atoms with Gasteiger partial charge in [-0.3, -0.25) is 14.2 Å². The SMILES string of the molecule is COC(=O)c1ccc(OC(=O)CCn2cnc3sccc3c2=O)cc1. The molecule has 3 rings (SSSR count). The number of benzene rings is 1. The van der Waals surface area contributed by atoms with Crippen molar-refractivity contribution in [3.63, 3.8) is 0 Å². The van der Waals surface area contributed by atoms with E-state index >= 15 is 0 Å². The van der Waals surface area contributed by atoms with E-state index in [9.17, 15) is 14.4 Å². The van der Waals surface area contributed by atoms with E-state index in [1.165, 1.54) is 53.6 Å². The molecule has 0 aliphatic heterocycles. The Morgan fingerprint density at radius 1 is 1.20 bits per heavy atom. The first-order chi connectivity index (χ1) is 12.1. The van der Waals surface area contributed by atoms with Crippen molar-refractivity contribution < 1.29 is 19.1 Å². The van der Waals surface area contributed by atoms with Crippen LogP contribution in [0.15, 0.2) is 46.8 Å². The van der Waals surface area contributed by atoms with Crippen LogP contribution in [0.4, 0.5) is 0 Å². The highest BCUT2D eigenvalue weighted by Crippen LogP contribution is 2.15. The topological polar surface area (TPSA) is 87.5 Å². The molecule has 3 aromatic rings. The molecular formula is C17H14N2O5S. The van der Waals surface area contributed by atoms with Crippen molar-refractivity contribution in [1.82, 2.24) is 9.55 Å². The van der Waals surface area contributed by atoms with E-state index in [1.807, 2.05) is 0 Å². The normalized spacial score (nSPS) is 10.6. The first kappa shape index (κ1) is 16.8. The quantitative estimate of drug-likeness (QED) is 0.513. The smallest absolute Gasteiger partial charge is 0.337 e. The Labute approximate surface area is 146 Å². The third-order valence-corrected chi connectivity index (χ3v) is 4.34. The van der Waals surface area contributed by atoms with Crippen LogP contribution in [0.3, 0.4) is 0 Å². The monoisotopic (exact) mass is 358 g/mol. The molecular weight excluding hydrogens is 344 g/mol. The minimum Gasteiger partial charge on any atom is -0.465 e. The van der Waals surface area contributed by atoms with Crippen molar-refractivity contribution in [3.8, 4) is 5.75 Å². The second kappa shape index (κ2) is 7.27. The van der Waals surface area contributed by atoms with Gasteiger partial charge in [0.05, 0.1) is 30.8 Å². The van der Waals surface area contributed by atoms with Gasteiger partial charge >= 0.3 is 11.9 Å². The maximum Gasteiger partial charge on any atom is 0.337 e. The molecule has 25 heavy (non-hydrogen) atoms. The zero-order valence-electron chi connectivity index (χ0n) is 13.3. The van der Waals surface area contributed by atoms with Gasteiger partial charge < -0.3 is 9.47 Å². The first-order valence-electron chi connectivity index (χ1n) is 7.40. The summed E-state index contributed by atoms with van der Waals surface area (Å²) >= 11 is 1.39. The molecule has 2 aromatic heterocycles. The zero-order valence-corrected chi connectivity index (χ0v) is 14.1. The van der Waals surface area contributed by atoms with E-state index in [-0.39, 0.29) is 18.5 Å². The number of esters is 2. The van der Waals surface area contributed by atoms with Crippen LogP contribution in [0.5, 0.6) is 5.75 Å². The number of aromatic nitrogens is 2. The minimum atomic E-state index is -0.483. The number of rotatable bonds is 5. The fourth-order valence-corrected chi connectivity index (χ4v) is 2.95. The number of ether oxygens (including phenoxy) is 2. The largest absolute Gasteiger partial charge is 0.465 e. The van der Waals surface area contributed by atoms with Crippen LogP contribution >= 0.6 is 11.3 Å². The maximum atomic E-state index is 12.2. The van der Waals surface area contributed by atoms with E-state index in [4.69, 9.17) is 4.74 Å². The fraction of sp³-hybridized carbons (Fsp3) is 0.176.